The van der Waals surface area contributed by atoms with Crippen LogP contribution in [-0.4, -0.2) is 57.8 Å². The molecule has 0 unspecified atom stereocenters. The van der Waals surface area contributed by atoms with Gasteiger partial charge in [-0.2, -0.15) is 10.4 Å². The third-order valence-corrected chi connectivity index (χ3v) is 10.6. The van der Waals surface area contributed by atoms with Gasteiger partial charge in [0.1, 0.15) is 17.1 Å². The molecule has 2 saturated carbocycles. The van der Waals surface area contributed by atoms with Crippen molar-refractivity contribution in [1.82, 2.24) is 14.7 Å². The molecule has 9 nitrogen and oxygen atoms in total. The lowest BCUT2D eigenvalue weighted by Gasteiger charge is -2.31. The maximum atomic E-state index is 13.4. The zero-order chi connectivity index (χ0) is 23.7. The van der Waals surface area contributed by atoms with E-state index in [1.165, 1.54) is 0 Å². The van der Waals surface area contributed by atoms with E-state index in [-0.39, 0.29) is 23.8 Å². The van der Waals surface area contributed by atoms with Crippen LogP contribution in [0.5, 0.6) is 0 Å². The van der Waals surface area contributed by atoms with E-state index in [4.69, 9.17) is 4.84 Å². The predicted octanol–water partition coefficient (Wildman–Crippen LogP) is 2.27. The molecule has 176 valence electrons. The van der Waals surface area contributed by atoms with Gasteiger partial charge in [-0.25, -0.2) is 8.42 Å². The van der Waals surface area contributed by atoms with Gasteiger partial charge in [0.2, 0.25) is 0 Å². The first-order valence-electron chi connectivity index (χ1n) is 11.7. The van der Waals surface area contributed by atoms with Crippen molar-refractivity contribution in [3.63, 3.8) is 0 Å². The van der Waals surface area contributed by atoms with Crippen LogP contribution < -0.4 is 0 Å². The predicted molar refractivity (Wildman–Crippen MR) is 123 cm³/mol. The summed E-state index contributed by atoms with van der Waals surface area (Å²) in [7, 11) is -1.45. The van der Waals surface area contributed by atoms with Crippen LogP contribution >= 0.6 is 0 Å². The Hall–Kier alpha value is -3.19. The molecule has 1 amide bonds. The molecule has 2 aliphatic carbocycles. The molecule has 10 heteroatoms. The molecule has 0 bridgehead atoms. The molecule has 1 aromatic carbocycles. The Balaban J connectivity index is 1.23. The number of carbonyl (C=O) groups is 1. The number of rotatable bonds is 6. The molecule has 0 radical (unpaired) electrons. The monoisotopic (exact) mass is 479 g/mol. The van der Waals surface area contributed by atoms with E-state index >= 15 is 0 Å². The van der Waals surface area contributed by atoms with E-state index in [2.05, 4.69) is 16.3 Å². The van der Waals surface area contributed by atoms with E-state index < -0.39 is 14.6 Å². The molecular weight excluding hydrogens is 454 g/mol. The highest BCUT2D eigenvalue weighted by atomic mass is 32.2. The molecule has 4 aliphatic rings. The summed E-state index contributed by atoms with van der Waals surface area (Å²) in [6, 6.07) is 9.48. The lowest BCUT2D eigenvalue weighted by Crippen LogP contribution is -2.46. The van der Waals surface area contributed by atoms with Gasteiger partial charge < -0.3 is 9.74 Å². The minimum atomic E-state index is -3.19. The minimum absolute atomic E-state index is 0.175. The fourth-order valence-electron chi connectivity index (χ4n) is 5.27. The number of nitrogens with zero attached hydrogens (tertiary/aromatic N) is 5. The summed E-state index contributed by atoms with van der Waals surface area (Å²) in [5.41, 5.74) is 3.95. The van der Waals surface area contributed by atoms with Crippen LogP contribution in [0.2, 0.25) is 0 Å². The molecule has 34 heavy (non-hydrogen) atoms. The first kappa shape index (κ1) is 21.4. The van der Waals surface area contributed by atoms with Gasteiger partial charge in [0.15, 0.2) is 15.9 Å². The average Bonchev–Trinajstić information content (AvgIpc) is 3.75. The van der Waals surface area contributed by atoms with Crippen molar-refractivity contribution >= 4 is 21.5 Å². The zero-order valence-electron chi connectivity index (χ0n) is 18.9. The van der Waals surface area contributed by atoms with Crippen molar-refractivity contribution in [1.29, 1.82) is 5.26 Å². The highest BCUT2D eigenvalue weighted by molar-refractivity contribution is 7.94. The summed E-state index contributed by atoms with van der Waals surface area (Å²) in [6.07, 6.45) is 3.44. The zero-order valence-corrected chi connectivity index (χ0v) is 19.7. The SMILES string of the molecule is Cn1nc(C2=NO[C@@H](c3ccccc3C#N)C2)c2c1C(=O)N(CC1(S(=O)(=O)C3CC3)CC1)CC2. The maximum Gasteiger partial charge on any atom is 0.272 e. The number of sulfone groups is 1. The molecule has 0 N–H and O–H groups in total. The highest BCUT2D eigenvalue weighted by Gasteiger charge is 2.60. The maximum absolute atomic E-state index is 13.4. The Kier molecular flexibility index (Phi) is 4.65. The molecule has 1 aromatic heterocycles. The van der Waals surface area contributed by atoms with E-state index in [9.17, 15) is 18.5 Å². The van der Waals surface area contributed by atoms with Crippen molar-refractivity contribution < 1.29 is 18.0 Å². The molecule has 3 heterocycles. The van der Waals surface area contributed by atoms with Gasteiger partial charge in [0, 0.05) is 37.7 Å². The van der Waals surface area contributed by atoms with Crippen molar-refractivity contribution in [2.45, 2.75) is 54.6 Å². The van der Waals surface area contributed by atoms with Crippen molar-refractivity contribution in [3.8, 4) is 6.07 Å². The van der Waals surface area contributed by atoms with E-state index in [1.807, 2.05) is 18.2 Å². The van der Waals surface area contributed by atoms with Crippen LogP contribution in [0.15, 0.2) is 29.4 Å². The number of fused-ring (bicyclic) bond motifs is 1. The van der Waals surface area contributed by atoms with Crippen molar-refractivity contribution in [3.05, 3.63) is 52.3 Å². The number of hydrogen-bond acceptors (Lipinski definition) is 7. The fourth-order valence-corrected chi connectivity index (χ4v) is 7.74. The quantitative estimate of drug-likeness (QED) is 0.627. The molecule has 1 atom stereocenters. The Morgan fingerprint density at radius 3 is 2.74 bits per heavy atom. The van der Waals surface area contributed by atoms with E-state index in [0.717, 1.165) is 24.0 Å². The molecule has 2 aliphatic heterocycles. The van der Waals surface area contributed by atoms with Crippen LogP contribution in [0, 0.1) is 11.3 Å². The Labute approximate surface area is 197 Å². The normalized spacial score (nSPS) is 23.2. The summed E-state index contributed by atoms with van der Waals surface area (Å²) < 4.78 is 26.7. The largest absolute Gasteiger partial charge is 0.387 e. The molecule has 2 fully saturated rings. The van der Waals surface area contributed by atoms with Crippen molar-refractivity contribution in [2.75, 3.05) is 13.1 Å². The van der Waals surface area contributed by atoms with Crippen LogP contribution in [0.1, 0.15) is 71.1 Å². The molecule has 6 rings (SSSR count). The number of amides is 1. The number of benzene rings is 1. The van der Waals surface area contributed by atoms with E-state index in [0.29, 0.717) is 54.9 Å². The number of hydrogen-bond donors (Lipinski definition) is 0. The summed E-state index contributed by atoms with van der Waals surface area (Å²) in [6.45, 7) is 0.725. The Morgan fingerprint density at radius 1 is 1.26 bits per heavy atom. The van der Waals surface area contributed by atoms with Gasteiger partial charge in [0.05, 0.1) is 21.6 Å². The van der Waals surface area contributed by atoms with Gasteiger partial charge in [-0.05, 0) is 38.2 Å². The number of aryl methyl sites for hydroxylation is 1. The lowest BCUT2D eigenvalue weighted by molar-refractivity contribution is 0.0724. The third-order valence-electron chi connectivity index (χ3n) is 7.49. The second kappa shape index (κ2) is 7.40. The first-order chi connectivity index (χ1) is 16.3. The van der Waals surface area contributed by atoms with Gasteiger partial charge in [-0.1, -0.05) is 23.4 Å². The van der Waals surface area contributed by atoms with Crippen LogP contribution in [0.25, 0.3) is 0 Å². The van der Waals surface area contributed by atoms with Crippen molar-refractivity contribution in [2.24, 2.45) is 12.2 Å². The number of carbonyl (C=O) groups excluding carboxylic acids is 1. The second-order valence-corrected chi connectivity index (χ2v) is 12.4. The number of aromatic nitrogens is 2. The van der Waals surface area contributed by atoms with Gasteiger partial charge >= 0.3 is 0 Å². The number of nitriles is 1. The summed E-state index contributed by atoms with van der Waals surface area (Å²) in [5.74, 6) is -0.175. The molecular formula is C24H25N5O4S. The molecule has 0 saturated heterocycles. The van der Waals surface area contributed by atoms with Crippen LogP contribution in [-0.2, 0) is 28.1 Å². The number of oxime groups is 1. The summed E-state index contributed by atoms with van der Waals surface area (Å²) >= 11 is 0. The van der Waals surface area contributed by atoms with Crippen LogP contribution in [0.4, 0.5) is 0 Å². The topological polar surface area (TPSA) is 118 Å². The minimum Gasteiger partial charge on any atom is -0.387 e. The van der Waals surface area contributed by atoms with Gasteiger partial charge in [0.25, 0.3) is 5.91 Å². The summed E-state index contributed by atoms with van der Waals surface area (Å²) in [5, 5.41) is 18.1. The lowest BCUT2D eigenvalue weighted by atomic mass is 9.95. The molecule has 0 spiro atoms. The second-order valence-electron chi connectivity index (χ2n) is 9.74. The first-order valence-corrected chi connectivity index (χ1v) is 13.2. The summed E-state index contributed by atoms with van der Waals surface area (Å²) in [4.78, 5) is 20.8. The fraction of sp³-hybridized carbons (Fsp3) is 0.500. The van der Waals surface area contributed by atoms with Gasteiger partial charge in [-0.3, -0.25) is 9.48 Å². The average molecular weight is 480 g/mol. The molecule has 2 aromatic rings. The Morgan fingerprint density at radius 2 is 2.03 bits per heavy atom. The highest BCUT2D eigenvalue weighted by Crippen LogP contribution is 2.51. The van der Waals surface area contributed by atoms with Gasteiger partial charge in [-0.15, -0.1) is 0 Å². The Bertz CT molecular complexity index is 1380. The third kappa shape index (κ3) is 3.17. The standard InChI is InChI=1S/C24H25N5O4S/c1-28-22-18(8-11-29(23(22)30)14-24(9-10-24)34(31,32)16-6-7-16)21(26-28)19-12-20(33-27-19)17-5-3-2-4-15(17)13-25/h2-5,16,20H,6-12,14H2,1H3/t20-/m1/s1. The van der Waals surface area contributed by atoms with E-state index in [1.54, 1.807) is 22.7 Å². The van der Waals surface area contributed by atoms with Crippen LogP contribution in [0.3, 0.4) is 0 Å². The smallest absolute Gasteiger partial charge is 0.272 e.